The number of benzene rings is 1. The highest BCUT2D eigenvalue weighted by molar-refractivity contribution is 5.30. The van der Waals surface area contributed by atoms with Gasteiger partial charge in [-0.25, -0.2) is 0 Å². The van der Waals surface area contributed by atoms with Gasteiger partial charge in [-0.05, 0) is 11.6 Å². The van der Waals surface area contributed by atoms with Crippen molar-refractivity contribution in [1.29, 1.82) is 0 Å². The van der Waals surface area contributed by atoms with Crippen molar-refractivity contribution in [2.45, 2.75) is 24.9 Å². The SMILES string of the molecule is OC(Cc1ccccc1C(F)(F)F)C(F)(F)F. The molecule has 1 atom stereocenters. The van der Waals surface area contributed by atoms with Gasteiger partial charge in [-0.3, -0.25) is 0 Å². The topological polar surface area (TPSA) is 20.2 Å². The molecule has 0 aromatic heterocycles. The average molecular weight is 258 g/mol. The molecule has 1 aromatic rings. The summed E-state index contributed by atoms with van der Waals surface area (Å²) >= 11 is 0. The Labute approximate surface area is 92.7 Å². The summed E-state index contributed by atoms with van der Waals surface area (Å²) < 4.78 is 73.4. The highest BCUT2D eigenvalue weighted by Crippen LogP contribution is 2.33. The first kappa shape index (κ1) is 13.8. The van der Waals surface area contributed by atoms with Crippen molar-refractivity contribution in [2.75, 3.05) is 0 Å². The van der Waals surface area contributed by atoms with E-state index >= 15 is 0 Å². The van der Waals surface area contributed by atoms with Gasteiger partial charge in [-0.1, -0.05) is 18.2 Å². The highest BCUT2D eigenvalue weighted by atomic mass is 19.4. The Hall–Kier alpha value is -1.24. The molecule has 1 aromatic carbocycles. The zero-order valence-corrected chi connectivity index (χ0v) is 8.31. The zero-order valence-electron chi connectivity index (χ0n) is 8.31. The van der Waals surface area contributed by atoms with E-state index in [1.54, 1.807) is 0 Å². The smallest absolute Gasteiger partial charge is 0.383 e. The minimum absolute atomic E-state index is 0.579. The van der Waals surface area contributed by atoms with Gasteiger partial charge < -0.3 is 5.11 Å². The predicted molar refractivity (Wildman–Crippen MR) is 47.2 cm³/mol. The van der Waals surface area contributed by atoms with Crippen LogP contribution < -0.4 is 0 Å². The first-order valence-electron chi connectivity index (χ1n) is 4.52. The second kappa shape index (κ2) is 4.56. The van der Waals surface area contributed by atoms with Crippen molar-refractivity contribution in [3.8, 4) is 0 Å². The number of rotatable bonds is 2. The quantitative estimate of drug-likeness (QED) is 0.808. The summed E-state index contributed by atoms with van der Waals surface area (Å²) in [5.74, 6) is 0. The maximum Gasteiger partial charge on any atom is 0.416 e. The van der Waals surface area contributed by atoms with Crippen molar-refractivity contribution >= 4 is 0 Å². The van der Waals surface area contributed by atoms with E-state index in [0.29, 0.717) is 6.07 Å². The largest absolute Gasteiger partial charge is 0.416 e. The number of alkyl halides is 6. The lowest BCUT2D eigenvalue weighted by molar-refractivity contribution is -0.203. The van der Waals surface area contributed by atoms with E-state index in [4.69, 9.17) is 5.11 Å². The molecule has 0 saturated carbocycles. The molecule has 0 heterocycles. The Kier molecular flexibility index (Phi) is 3.71. The van der Waals surface area contributed by atoms with Crippen LogP contribution in [0.25, 0.3) is 0 Å². The maximum atomic E-state index is 12.4. The summed E-state index contributed by atoms with van der Waals surface area (Å²) in [4.78, 5) is 0. The fourth-order valence-electron chi connectivity index (χ4n) is 1.30. The fraction of sp³-hybridized carbons (Fsp3) is 0.400. The van der Waals surface area contributed by atoms with Crippen molar-refractivity contribution < 1.29 is 31.4 Å². The van der Waals surface area contributed by atoms with Crippen LogP contribution in [-0.4, -0.2) is 17.4 Å². The van der Waals surface area contributed by atoms with Gasteiger partial charge in [-0.2, -0.15) is 26.3 Å². The van der Waals surface area contributed by atoms with Gasteiger partial charge in [0.2, 0.25) is 0 Å². The first-order chi connectivity index (χ1) is 7.62. The summed E-state index contributed by atoms with van der Waals surface area (Å²) in [7, 11) is 0. The minimum atomic E-state index is -4.93. The van der Waals surface area contributed by atoms with E-state index in [2.05, 4.69) is 0 Å². The molecule has 0 radical (unpaired) electrons. The molecule has 1 nitrogen and oxygen atoms in total. The van der Waals surface area contributed by atoms with E-state index in [0.717, 1.165) is 12.1 Å². The number of aliphatic hydroxyl groups is 1. The Morgan fingerprint density at radius 2 is 1.53 bits per heavy atom. The van der Waals surface area contributed by atoms with Crippen molar-refractivity contribution in [1.82, 2.24) is 0 Å². The van der Waals surface area contributed by atoms with Gasteiger partial charge in [0.25, 0.3) is 0 Å². The number of aliphatic hydroxyl groups excluding tert-OH is 1. The number of hydrogen-bond acceptors (Lipinski definition) is 1. The molecule has 1 N–H and O–H groups in total. The minimum Gasteiger partial charge on any atom is -0.383 e. The number of halogens is 6. The maximum absolute atomic E-state index is 12.4. The predicted octanol–water partition coefficient (Wildman–Crippen LogP) is 3.17. The van der Waals surface area contributed by atoms with Crippen LogP contribution in [0.5, 0.6) is 0 Å². The van der Waals surface area contributed by atoms with Gasteiger partial charge in [0.05, 0.1) is 5.56 Å². The molecule has 1 rings (SSSR count). The Morgan fingerprint density at radius 1 is 1.00 bits per heavy atom. The van der Waals surface area contributed by atoms with Gasteiger partial charge in [-0.15, -0.1) is 0 Å². The molecular weight excluding hydrogens is 250 g/mol. The molecule has 0 saturated heterocycles. The third kappa shape index (κ3) is 3.62. The van der Waals surface area contributed by atoms with Crippen LogP contribution in [0.4, 0.5) is 26.3 Å². The Balaban J connectivity index is 3.00. The van der Waals surface area contributed by atoms with Crippen LogP contribution >= 0.6 is 0 Å². The van der Waals surface area contributed by atoms with E-state index in [-0.39, 0.29) is 0 Å². The molecule has 7 heteroatoms. The van der Waals surface area contributed by atoms with E-state index in [1.165, 1.54) is 6.07 Å². The van der Waals surface area contributed by atoms with E-state index < -0.39 is 36.0 Å². The molecule has 96 valence electrons. The molecule has 0 spiro atoms. The van der Waals surface area contributed by atoms with Gasteiger partial charge in [0.1, 0.15) is 0 Å². The second-order valence-electron chi connectivity index (χ2n) is 3.42. The van der Waals surface area contributed by atoms with Gasteiger partial charge in [0.15, 0.2) is 6.10 Å². The molecule has 0 fully saturated rings. The molecule has 1 unspecified atom stereocenters. The van der Waals surface area contributed by atoms with Crippen LogP contribution in [0, 0.1) is 0 Å². The highest BCUT2D eigenvalue weighted by Gasteiger charge is 2.40. The van der Waals surface area contributed by atoms with Gasteiger partial charge >= 0.3 is 12.4 Å². The van der Waals surface area contributed by atoms with Gasteiger partial charge in [0, 0.05) is 6.42 Å². The molecule has 0 aliphatic carbocycles. The Bertz CT molecular complexity index is 381. The first-order valence-corrected chi connectivity index (χ1v) is 4.52. The Morgan fingerprint density at radius 3 is 2.00 bits per heavy atom. The molecule has 0 bridgehead atoms. The molecular formula is C10H8F6O. The average Bonchev–Trinajstić information content (AvgIpc) is 2.15. The summed E-state index contributed by atoms with van der Waals surface area (Å²) in [5.41, 5.74) is -1.74. The molecule has 17 heavy (non-hydrogen) atoms. The summed E-state index contributed by atoms with van der Waals surface area (Å²) in [6.45, 7) is 0. The second-order valence-corrected chi connectivity index (χ2v) is 3.42. The molecule has 0 aliphatic heterocycles. The van der Waals surface area contributed by atoms with Crippen LogP contribution in [0.3, 0.4) is 0 Å². The van der Waals surface area contributed by atoms with Crippen molar-refractivity contribution in [3.05, 3.63) is 35.4 Å². The fourth-order valence-corrected chi connectivity index (χ4v) is 1.30. The molecule has 0 aliphatic rings. The summed E-state index contributed by atoms with van der Waals surface area (Å²) in [6.07, 6.45) is -13.6. The zero-order chi connectivity index (χ0) is 13.3. The third-order valence-electron chi connectivity index (χ3n) is 2.11. The monoisotopic (exact) mass is 258 g/mol. The number of hydrogen-bond donors (Lipinski definition) is 1. The third-order valence-corrected chi connectivity index (χ3v) is 2.11. The van der Waals surface area contributed by atoms with Crippen molar-refractivity contribution in [3.63, 3.8) is 0 Å². The van der Waals surface area contributed by atoms with Crippen LogP contribution in [0.1, 0.15) is 11.1 Å². The standard InChI is InChI=1S/C10H8F6O/c11-9(12,13)7-4-2-1-3-6(7)5-8(17)10(14,15)16/h1-4,8,17H,5H2. The van der Waals surface area contributed by atoms with Crippen LogP contribution in [0.2, 0.25) is 0 Å². The summed E-state index contributed by atoms with van der Waals surface area (Å²) in [5, 5.41) is 8.74. The lowest BCUT2D eigenvalue weighted by Gasteiger charge is -2.17. The van der Waals surface area contributed by atoms with Crippen molar-refractivity contribution in [2.24, 2.45) is 0 Å². The van der Waals surface area contributed by atoms with E-state index in [9.17, 15) is 26.3 Å². The normalized spacial score (nSPS) is 14.8. The van der Waals surface area contributed by atoms with Crippen LogP contribution in [-0.2, 0) is 12.6 Å². The van der Waals surface area contributed by atoms with Crippen LogP contribution in [0.15, 0.2) is 24.3 Å². The lowest BCUT2D eigenvalue weighted by atomic mass is 10.0. The molecule has 0 amide bonds. The lowest BCUT2D eigenvalue weighted by Crippen LogP contribution is -2.31. The van der Waals surface area contributed by atoms with E-state index in [1.807, 2.05) is 0 Å². The summed E-state index contributed by atoms with van der Waals surface area (Å²) in [6, 6.07) is 3.86.